The molecule has 1 heterocycles. The highest BCUT2D eigenvalue weighted by atomic mass is 16.5. The number of carbonyl (C=O) groups is 2. The van der Waals surface area contributed by atoms with Crippen molar-refractivity contribution in [3.8, 4) is 5.75 Å². The number of benzene rings is 1. The van der Waals surface area contributed by atoms with Gasteiger partial charge >= 0.3 is 11.9 Å². The molecule has 0 amide bonds. The third-order valence-electron chi connectivity index (χ3n) is 4.55. The zero-order valence-corrected chi connectivity index (χ0v) is 17.1. The molecule has 7 heteroatoms. The minimum absolute atomic E-state index is 0.531. The van der Waals surface area contributed by atoms with E-state index in [0.717, 1.165) is 18.9 Å². The highest BCUT2D eigenvalue weighted by Gasteiger charge is 2.09. The predicted molar refractivity (Wildman–Crippen MR) is 107 cm³/mol. The van der Waals surface area contributed by atoms with Crippen LogP contribution in [0.15, 0.2) is 18.2 Å². The number of likely N-dealkylation sites (tertiary alicyclic amines) is 1. The van der Waals surface area contributed by atoms with Gasteiger partial charge in [0.2, 0.25) is 0 Å². The lowest BCUT2D eigenvalue weighted by Crippen LogP contribution is -2.32. The van der Waals surface area contributed by atoms with Gasteiger partial charge in [-0.15, -0.1) is 0 Å². The molecule has 0 bridgehead atoms. The maximum absolute atomic E-state index is 9.10. The molecule has 0 aromatic heterocycles. The molecule has 158 valence electrons. The second-order valence-corrected chi connectivity index (χ2v) is 7.15. The van der Waals surface area contributed by atoms with E-state index >= 15 is 0 Å². The smallest absolute Gasteiger partial charge is 0.414 e. The van der Waals surface area contributed by atoms with Crippen LogP contribution in [0.4, 0.5) is 0 Å². The summed E-state index contributed by atoms with van der Waals surface area (Å²) in [5.74, 6) is -2.13. The van der Waals surface area contributed by atoms with E-state index in [1.165, 1.54) is 43.5 Å². The lowest BCUT2D eigenvalue weighted by molar-refractivity contribution is -0.159. The number of nitrogens with zero attached hydrogens (tertiary/aromatic N) is 1. The Kier molecular flexibility index (Phi) is 11.2. The van der Waals surface area contributed by atoms with E-state index in [4.69, 9.17) is 29.3 Å². The molecular weight excluding hydrogens is 362 g/mol. The average molecular weight is 395 g/mol. The van der Waals surface area contributed by atoms with Gasteiger partial charge in [0.1, 0.15) is 12.4 Å². The summed E-state index contributed by atoms with van der Waals surface area (Å²) in [4.78, 5) is 20.7. The molecule has 1 aliphatic rings. The summed E-state index contributed by atoms with van der Waals surface area (Å²) in [5, 5.41) is 14.8. The Bertz CT molecular complexity index is 599. The van der Waals surface area contributed by atoms with E-state index in [-0.39, 0.29) is 0 Å². The molecule has 1 aliphatic heterocycles. The van der Waals surface area contributed by atoms with Crippen LogP contribution >= 0.6 is 0 Å². The summed E-state index contributed by atoms with van der Waals surface area (Å²) in [5.41, 5.74) is 2.52. The Balaban J connectivity index is 0.000000568. The summed E-state index contributed by atoms with van der Waals surface area (Å²) in [6.45, 7) is 12.1. The third-order valence-corrected chi connectivity index (χ3v) is 4.55. The Hall–Kier alpha value is -2.12. The third kappa shape index (κ3) is 9.71. The predicted octanol–water partition coefficient (Wildman–Crippen LogP) is 3.16. The van der Waals surface area contributed by atoms with Crippen molar-refractivity contribution in [2.45, 2.75) is 46.0 Å². The molecule has 1 fully saturated rings. The lowest BCUT2D eigenvalue weighted by Gasteiger charge is -2.26. The average Bonchev–Trinajstić information content (AvgIpc) is 2.67. The van der Waals surface area contributed by atoms with E-state index in [1.54, 1.807) is 0 Å². The van der Waals surface area contributed by atoms with Crippen molar-refractivity contribution in [3.05, 3.63) is 29.3 Å². The van der Waals surface area contributed by atoms with E-state index in [9.17, 15) is 0 Å². The molecule has 0 saturated carbocycles. The van der Waals surface area contributed by atoms with Crippen LogP contribution in [0.1, 0.15) is 50.2 Å². The summed E-state index contributed by atoms with van der Waals surface area (Å²) in [7, 11) is 0. The molecule has 2 N–H and O–H groups in total. The zero-order valence-electron chi connectivity index (χ0n) is 17.1. The quantitative estimate of drug-likeness (QED) is 0.515. The molecule has 7 nitrogen and oxygen atoms in total. The van der Waals surface area contributed by atoms with Gasteiger partial charge in [0.25, 0.3) is 0 Å². The van der Waals surface area contributed by atoms with Gasteiger partial charge in [0, 0.05) is 6.54 Å². The van der Waals surface area contributed by atoms with Crippen LogP contribution in [0.25, 0.3) is 0 Å². The lowest BCUT2D eigenvalue weighted by atomic mass is 10.0. The van der Waals surface area contributed by atoms with Gasteiger partial charge in [-0.2, -0.15) is 0 Å². The van der Waals surface area contributed by atoms with Crippen LogP contribution in [-0.4, -0.2) is 66.5 Å². The van der Waals surface area contributed by atoms with Crippen molar-refractivity contribution >= 4 is 11.9 Å². The van der Waals surface area contributed by atoms with Crippen LogP contribution in [0, 0.1) is 6.92 Å². The summed E-state index contributed by atoms with van der Waals surface area (Å²) >= 11 is 0. The summed E-state index contributed by atoms with van der Waals surface area (Å²) in [6, 6.07) is 6.48. The molecule has 1 saturated heterocycles. The van der Waals surface area contributed by atoms with E-state index < -0.39 is 11.9 Å². The second kappa shape index (κ2) is 13.1. The normalized spacial score (nSPS) is 14.3. The molecule has 0 atom stereocenters. The van der Waals surface area contributed by atoms with Gasteiger partial charge in [-0.05, 0) is 56.0 Å². The molecule has 2 rings (SSSR count). The van der Waals surface area contributed by atoms with Crippen molar-refractivity contribution in [3.63, 3.8) is 0 Å². The Morgan fingerprint density at radius 1 is 1.04 bits per heavy atom. The molecule has 0 aliphatic carbocycles. The van der Waals surface area contributed by atoms with Gasteiger partial charge in [-0.3, -0.25) is 0 Å². The van der Waals surface area contributed by atoms with Crippen molar-refractivity contribution in [2.24, 2.45) is 0 Å². The van der Waals surface area contributed by atoms with Gasteiger partial charge < -0.3 is 24.6 Å². The Morgan fingerprint density at radius 3 is 2.25 bits per heavy atom. The largest absolute Gasteiger partial charge is 0.491 e. The van der Waals surface area contributed by atoms with Crippen molar-refractivity contribution in [1.82, 2.24) is 4.90 Å². The molecule has 1 aromatic carbocycles. The molecule has 0 radical (unpaired) electrons. The van der Waals surface area contributed by atoms with Crippen LogP contribution in [0.5, 0.6) is 5.75 Å². The first-order valence-corrected chi connectivity index (χ1v) is 9.81. The number of piperidine rings is 1. The minimum atomic E-state index is -1.82. The fourth-order valence-corrected chi connectivity index (χ4v) is 2.82. The number of hydrogen-bond donors (Lipinski definition) is 2. The van der Waals surface area contributed by atoms with Crippen LogP contribution < -0.4 is 4.74 Å². The van der Waals surface area contributed by atoms with Crippen molar-refractivity contribution < 1.29 is 29.3 Å². The summed E-state index contributed by atoms with van der Waals surface area (Å²) in [6.07, 6.45) is 4.07. The number of carboxylic acid groups (broad SMARTS) is 2. The molecule has 1 aromatic rings. The van der Waals surface area contributed by atoms with E-state index in [1.807, 2.05) is 0 Å². The van der Waals surface area contributed by atoms with Gasteiger partial charge in [0.05, 0.1) is 13.2 Å². The highest BCUT2D eigenvalue weighted by molar-refractivity contribution is 6.27. The zero-order chi connectivity index (χ0) is 20.9. The topological polar surface area (TPSA) is 96.3 Å². The van der Waals surface area contributed by atoms with Crippen molar-refractivity contribution in [1.29, 1.82) is 0 Å². The van der Waals surface area contributed by atoms with Crippen LogP contribution in [-0.2, 0) is 14.3 Å². The first kappa shape index (κ1) is 23.9. The monoisotopic (exact) mass is 395 g/mol. The Morgan fingerprint density at radius 2 is 1.68 bits per heavy atom. The molecule has 28 heavy (non-hydrogen) atoms. The highest BCUT2D eigenvalue weighted by Crippen LogP contribution is 2.24. The van der Waals surface area contributed by atoms with Gasteiger partial charge in [0.15, 0.2) is 0 Å². The van der Waals surface area contributed by atoms with E-state index in [0.29, 0.717) is 19.1 Å². The van der Waals surface area contributed by atoms with Crippen LogP contribution in [0.3, 0.4) is 0 Å². The number of aliphatic carboxylic acids is 2. The van der Waals surface area contributed by atoms with E-state index in [2.05, 4.69) is 43.9 Å². The fourth-order valence-electron chi connectivity index (χ4n) is 2.82. The maximum atomic E-state index is 9.10. The molecule has 0 spiro atoms. The Labute approximate surface area is 167 Å². The SMILES string of the molecule is Cc1ccc(C(C)C)cc1OCCOCCN1CCCCC1.O=C(O)C(=O)O. The number of rotatable bonds is 8. The first-order chi connectivity index (χ1) is 13.3. The number of ether oxygens (including phenoxy) is 2. The van der Waals surface area contributed by atoms with Gasteiger partial charge in [-0.25, -0.2) is 9.59 Å². The number of aryl methyl sites for hydroxylation is 1. The maximum Gasteiger partial charge on any atom is 0.414 e. The molecular formula is C21H33NO6. The fraction of sp³-hybridized carbons (Fsp3) is 0.619. The molecule has 0 unspecified atom stereocenters. The second-order valence-electron chi connectivity index (χ2n) is 7.15. The number of carboxylic acids is 2. The minimum Gasteiger partial charge on any atom is -0.491 e. The van der Waals surface area contributed by atoms with Crippen LogP contribution in [0.2, 0.25) is 0 Å². The summed E-state index contributed by atoms with van der Waals surface area (Å²) < 4.78 is 11.6. The first-order valence-electron chi connectivity index (χ1n) is 9.81. The standard InChI is InChI=1S/C19H31NO2.C2H2O4/c1-16(2)18-8-7-17(3)19(15-18)22-14-13-21-12-11-20-9-5-4-6-10-20;3-1(4)2(5)6/h7-8,15-16H,4-6,9-14H2,1-3H3;(H,3,4)(H,5,6). The van der Waals surface area contributed by atoms with Gasteiger partial charge in [-0.1, -0.05) is 32.4 Å². The van der Waals surface area contributed by atoms with Crippen molar-refractivity contribution in [2.75, 3.05) is 39.5 Å². The number of hydrogen-bond acceptors (Lipinski definition) is 5.